The van der Waals surface area contributed by atoms with E-state index in [1.807, 2.05) is 13.8 Å². The van der Waals surface area contributed by atoms with E-state index in [4.69, 9.17) is 4.74 Å². The molecule has 0 radical (unpaired) electrons. The summed E-state index contributed by atoms with van der Waals surface area (Å²) in [6.07, 6.45) is 3.74. The van der Waals surface area contributed by atoms with Crippen LogP contribution in [0.2, 0.25) is 0 Å². The molecular weight excluding hydrogens is 112 g/mol. The van der Waals surface area contributed by atoms with E-state index in [1.54, 1.807) is 7.11 Å². The van der Waals surface area contributed by atoms with Gasteiger partial charge in [0.1, 0.15) is 0 Å². The molecule has 0 N–H and O–H groups in total. The van der Waals surface area contributed by atoms with Gasteiger partial charge in [-0.05, 0) is 19.3 Å². The van der Waals surface area contributed by atoms with Gasteiger partial charge in [0, 0.05) is 7.11 Å². The first-order valence-electron chi connectivity index (χ1n) is 3.88. The maximum absolute atomic E-state index is 5.20. The molecule has 0 atom stereocenters. The van der Waals surface area contributed by atoms with Gasteiger partial charge in [0.2, 0.25) is 0 Å². The summed E-state index contributed by atoms with van der Waals surface area (Å²) in [7, 11) is 1.80. The lowest BCUT2D eigenvalue weighted by Gasteiger charge is -2.06. The van der Waals surface area contributed by atoms with Crippen molar-refractivity contribution in [3.05, 3.63) is 0 Å². The van der Waals surface area contributed by atoms with Crippen molar-refractivity contribution in [3.8, 4) is 0 Å². The van der Waals surface area contributed by atoms with Gasteiger partial charge in [0.15, 0.2) is 0 Å². The van der Waals surface area contributed by atoms with Crippen molar-refractivity contribution in [3.63, 3.8) is 0 Å². The van der Waals surface area contributed by atoms with Crippen LogP contribution in [0.4, 0.5) is 0 Å². The van der Waals surface area contributed by atoms with Crippen LogP contribution < -0.4 is 0 Å². The van der Waals surface area contributed by atoms with Crippen LogP contribution in [0.5, 0.6) is 0 Å². The van der Waals surface area contributed by atoms with E-state index < -0.39 is 0 Å². The zero-order chi connectivity index (χ0) is 7.33. The fourth-order valence-electron chi connectivity index (χ4n) is 0.841. The molecule has 0 heterocycles. The molecule has 0 aromatic heterocycles. The van der Waals surface area contributed by atoms with E-state index >= 15 is 0 Å². The molecule has 0 spiro atoms. The summed E-state index contributed by atoms with van der Waals surface area (Å²) >= 11 is 0. The summed E-state index contributed by atoms with van der Waals surface area (Å²) in [6, 6.07) is 0. The van der Waals surface area contributed by atoms with Crippen LogP contribution in [0.25, 0.3) is 0 Å². The fourth-order valence-corrected chi connectivity index (χ4v) is 0.841. The average Bonchev–Trinajstić information content (AvgIpc) is 2.72. The third-order valence-electron chi connectivity index (χ3n) is 1.89. The van der Waals surface area contributed by atoms with Crippen LogP contribution >= 0.6 is 0 Å². The van der Waals surface area contributed by atoms with Crippen LogP contribution in [-0.2, 0) is 4.74 Å². The highest BCUT2D eigenvalue weighted by Gasteiger charge is 2.40. The highest BCUT2D eigenvalue weighted by atomic mass is 16.5. The van der Waals surface area contributed by atoms with Gasteiger partial charge < -0.3 is 4.74 Å². The van der Waals surface area contributed by atoms with Crippen LogP contribution in [0.15, 0.2) is 0 Å². The molecule has 1 fully saturated rings. The molecule has 0 unspecified atom stereocenters. The largest absolute Gasteiger partial charge is 0.378 e. The van der Waals surface area contributed by atoms with E-state index in [0.29, 0.717) is 5.60 Å². The van der Waals surface area contributed by atoms with Crippen LogP contribution in [0.1, 0.15) is 40.0 Å². The first-order valence-corrected chi connectivity index (χ1v) is 3.88. The molecule has 1 saturated carbocycles. The molecule has 9 heavy (non-hydrogen) atoms. The maximum atomic E-state index is 5.20. The maximum Gasteiger partial charge on any atom is 0.0678 e. The monoisotopic (exact) mass is 130 g/mol. The molecular formula is C8H18O. The second-order valence-corrected chi connectivity index (χ2v) is 2.24. The van der Waals surface area contributed by atoms with Gasteiger partial charge >= 0.3 is 0 Å². The Morgan fingerprint density at radius 3 is 1.78 bits per heavy atom. The lowest BCUT2D eigenvalue weighted by atomic mass is 10.3. The molecule has 0 bridgehead atoms. The Morgan fingerprint density at radius 1 is 1.33 bits per heavy atom. The zero-order valence-corrected chi connectivity index (χ0v) is 7.03. The third-order valence-corrected chi connectivity index (χ3v) is 1.89. The van der Waals surface area contributed by atoms with Crippen molar-refractivity contribution in [2.24, 2.45) is 0 Å². The minimum atomic E-state index is 0.333. The summed E-state index contributed by atoms with van der Waals surface area (Å²) in [5.74, 6) is 0. The van der Waals surface area contributed by atoms with E-state index in [9.17, 15) is 0 Å². The zero-order valence-electron chi connectivity index (χ0n) is 7.03. The molecule has 1 aliphatic carbocycles. The molecule has 1 aliphatic rings. The topological polar surface area (TPSA) is 9.23 Å². The van der Waals surface area contributed by atoms with Crippen molar-refractivity contribution in [1.29, 1.82) is 0 Å². The Hall–Kier alpha value is -0.0400. The second-order valence-electron chi connectivity index (χ2n) is 2.24. The Labute approximate surface area is 58.4 Å². The van der Waals surface area contributed by atoms with Gasteiger partial charge in [-0.25, -0.2) is 0 Å². The van der Waals surface area contributed by atoms with Crippen molar-refractivity contribution in [2.45, 2.75) is 45.6 Å². The summed E-state index contributed by atoms with van der Waals surface area (Å²) < 4.78 is 5.20. The predicted octanol–water partition coefficient (Wildman–Crippen LogP) is 2.60. The van der Waals surface area contributed by atoms with Gasteiger partial charge in [-0.3, -0.25) is 0 Å². The smallest absolute Gasteiger partial charge is 0.0678 e. The molecule has 0 amide bonds. The van der Waals surface area contributed by atoms with Crippen molar-refractivity contribution in [1.82, 2.24) is 0 Å². The molecule has 0 aromatic rings. The van der Waals surface area contributed by atoms with Crippen molar-refractivity contribution in [2.75, 3.05) is 7.11 Å². The SMILES string of the molecule is CC.CCC1(OC)CC1. The molecule has 1 nitrogen and oxygen atoms in total. The number of rotatable bonds is 2. The van der Waals surface area contributed by atoms with Crippen LogP contribution in [0, 0.1) is 0 Å². The Kier molecular flexibility index (Phi) is 3.87. The minimum absolute atomic E-state index is 0.333. The summed E-state index contributed by atoms with van der Waals surface area (Å²) in [6.45, 7) is 6.18. The number of hydrogen-bond acceptors (Lipinski definition) is 1. The molecule has 1 heteroatoms. The first kappa shape index (κ1) is 8.96. The lowest BCUT2D eigenvalue weighted by Crippen LogP contribution is -2.07. The van der Waals surface area contributed by atoms with Gasteiger partial charge in [-0.15, -0.1) is 0 Å². The standard InChI is InChI=1S/C6H12O.C2H6/c1-3-6(7-2)4-5-6;1-2/h3-5H2,1-2H3;1-2H3. The summed E-state index contributed by atoms with van der Waals surface area (Å²) in [4.78, 5) is 0. The average molecular weight is 130 g/mol. The Balaban J connectivity index is 0.000000291. The first-order chi connectivity index (χ1) is 4.33. The number of methoxy groups -OCH3 is 1. The lowest BCUT2D eigenvalue weighted by molar-refractivity contribution is 0.0772. The van der Waals surface area contributed by atoms with E-state index in [1.165, 1.54) is 19.3 Å². The van der Waals surface area contributed by atoms with E-state index in [2.05, 4.69) is 6.92 Å². The molecule has 0 saturated heterocycles. The van der Waals surface area contributed by atoms with E-state index in [0.717, 1.165) is 0 Å². The van der Waals surface area contributed by atoms with Crippen molar-refractivity contribution >= 4 is 0 Å². The molecule has 1 rings (SSSR count). The van der Waals surface area contributed by atoms with Gasteiger partial charge in [0.25, 0.3) is 0 Å². The number of hydrogen-bond donors (Lipinski definition) is 0. The van der Waals surface area contributed by atoms with Gasteiger partial charge in [-0.2, -0.15) is 0 Å². The van der Waals surface area contributed by atoms with Crippen LogP contribution in [-0.4, -0.2) is 12.7 Å². The Bertz CT molecular complexity index is 59.0. The van der Waals surface area contributed by atoms with Crippen LogP contribution in [0.3, 0.4) is 0 Å². The van der Waals surface area contributed by atoms with Gasteiger partial charge in [-0.1, -0.05) is 20.8 Å². The number of ether oxygens (including phenoxy) is 1. The highest BCUT2D eigenvalue weighted by molar-refractivity contribution is 4.93. The predicted molar refractivity (Wildman–Crippen MR) is 40.6 cm³/mol. The minimum Gasteiger partial charge on any atom is -0.378 e. The second kappa shape index (κ2) is 3.89. The van der Waals surface area contributed by atoms with E-state index in [-0.39, 0.29) is 0 Å². The third kappa shape index (κ3) is 2.35. The fraction of sp³-hybridized carbons (Fsp3) is 1.00. The molecule has 56 valence electrons. The van der Waals surface area contributed by atoms with Gasteiger partial charge in [0.05, 0.1) is 5.60 Å². The molecule has 0 aliphatic heterocycles. The summed E-state index contributed by atoms with van der Waals surface area (Å²) in [5.41, 5.74) is 0.333. The molecule has 0 aromatic carbocycles. The normalized spacial score (nSPS) is 20.0. The summed E-state index contributed by atoms with van der Waals surface area (Å²) in [5, 5.41) is 0. The van der Waals surface area contributed by atoms with Crippen molar-refractivity contribution < 1.29 is 4.74 Å². The quantitative estimate of drug-likeness (QED) is 0.558. The Morgan fingerprint density at radius 2 is 1.78 bits per heavy atom. The highest BCUT2D eigenvalue weighted by Crippen LogP contribution is 2.41.